The molecule has 0 atom stereocenters. The van der Waals surface area contributed by atoms with Gasteiger partial charge in [0.05, 0.1) is 12.8 Å². The van der Waals surface area contributed by atoms with E-state index >= 15 is 0 Å². The lowest BCUT2D eigenvalue weighted by atomic mass is 9.98. The molecule has 2 aromatic carbocycles. The van der Waals surface area contributed by atoms with Crippen molar-refractivity contribution < 1.29 is 14.6 Å². The predicted molar refractivity (Wildman–Crippen MR) is 109 cm³/mol. The van der Waals surface area contributed by atoms with E-state index in [-0.39, 0.29) is 5.75 Å². The van der Waals surface area contributed by atoms with Gasteiger partial charge in [0, 0.05) is 37.5 Å². The van der Waals surface area contributed by atoms with Crippen LogP contribution in [0.2, 0.25) is 0 Å². The number of aromatic nitrogens is 1. The fraction of sp³-hybridized carbons (Fsp3) is 0.261. The number of hydrogen-bond donors (Lipinski definition) is 1. The van der Waals surface area contributed by atoms with Gasteiger partial charge in [0.15, 0.2) is 11.5 Å². The molecular formula is C23H24N2O3. The van der Waals surface area contributed by atoms with E-state index in [0.29, 0.717) is 25.4 Å². The Hall–Kier alpha value is -3.05. The molecule has 1 N–H and O–H groups in total. The summed E-state index contributed by atoms with van der Waals surface area (Å²) < 4.78 is 11.2. The smallest absolute Gasteiger partial charge is 0.165 e. The Bertz CT molecular complexity index is 987. The first-order chi connectivity index (χ1) is 13.6. The zero-order chi connectivity index (χ0) is 19.5. The molecule has 0 saturated heterocycles. The van der Waals surface area contributed by atoms with E-state index in [1.807, 2.05) is 24.3 Å². The maximum atomic E-state index is 10.6. The minimum absolute atomic E-state index is 0.192. The highest BCUT2D eigenvalue weighted by molar-refractivity contribution is 5.71. The zero-order valence-electron chi connectivity index (χ0n) is 16.2. The van der Waals surface area contributed by atoms with Gasteiger partial charge in [0.2, 0.25) is 0 Å². The molecule has 0 saturated carbocycles. The van der Waals surface area contributed by atoms with E-state index in [2.05, 4.69) is 35.0 Å². The summed E-state index contributed by atoms with van der Waals surface area (Å²) in [5.74, 6) is 1.58. The van der Waals surface area contributed by atoms with Crippen molar-refractivity contribution in [1.29, 1.82) is 0 Å². The Labute approximate surface area is 165 Å². The first-order valence-electron chi connectivity index (χ1n) is 9.40. The van der Waals surface area contributed by atoms with E-state index in [1.54, 1.807) is 19.4 Å². The molecule has 0 spiro atoms. The number of phenols is 1. The minimum atomic E-state index is 0.192. The Kier molecular flexibility index (Phi) is 5.17. The van der Waals surface area contributed by atoms with Gasteiger partial charge in [-0.15, -0.1) is 0 Å². The third-order valence-corrected chi connectivity index (χ3v) is 5.06. The largest absolute Gasteiger partial charge is 0.504 e. The summed E-state index contributed by atoms with van der Waals surface area (Å²) in [5, 5.41) is 10.6. The van der Waals surface area contributed by atoms with Crippen LogP contribution in [0.15, 0.2) is 54.7 Å². The third kappa shape index (κ3) is 3.80. The van der Waals surface area contributed by atoms with E-state index in [0.717, 1.165) is 34.7 Å². The Balaban J connectivity index is 1.64. The van der Waals surface area contributed by atoms with Crippen LogP contribution in [0, 0.1) is 6.92 Å². The molecule has 0 bridgehead atoms. The summed E-state index contributed by atoms with van der Waals surface area (Å²) >= 11 is 0. The summed E-state index contributed by atoms with van der Waals surface area (Å²) in [7, 11) is 1.66. The molecule has 28 heavy (non-hydrogen) atoms. The number of aromatic hydroxyl groups is 1. The summed E-state index contributed by atoms with van der Waals surface area (Å²) in [6, 6.07) is 15.9. The zero-order valence-corrected chi connectivity index (χ0v) is 16.2. The molecule has 0 aliphatic carbocycles. The van der Waals surface area contributed by atoms with E-state index in [1.165, 1.54) is 5.56 Å². The van der Waals surface area contributed by atoms with Crippen LogP contribution in [0.3, 0.4) is 0 Å². The van der Waals surface area contributed by atoms with Crippen molar-refractivity contribution in [3.05, 3.63) is 71.5 Å². The lowest BCUT2D eigenvalue weighted by Crippen LogP contribution is -2.25. The van der Waals surface area contributed by atoms with Crippen LogP contribution in [0.25, 0.3) is 11.1 Å². The van der Waals surface area contributed by atoms with Crippen molar-refractivity contribution >= 4 is 0 Å². The van der Waals surface area contributed by atoms with Crippen LogP contribution >= 0.6 is 0 Å². The highest BCUT2D eigenvalue weighted by Crippen LogP contribution is 2.38. The molecule has 5 nitrogen and oxygen atoms in total. The lowest BCUT2D eigenvalue weighted by Gasteiger charge is -2.19. The number of phenolic OH excluding ortho intramolecular Hbond substituents is 1. The standard InChI is InChI=1S/C23H24N2O3/c1-16-5-3-4-6-21(16)17-11-18-14-25(9-10-28-23(18)22(26)12-17)15-19-13-20(27-2)7-8-24-19/h3-8,11-13,26H,9-10,14-15H2,1-2H3. The molecule has 144 valence electrons. The second kappa shape index (κ2) is 7.90. The van der Waals surface area contributed by atoms with Crippen LogP contribution in [0.4, 0.5) is 0 Å². The van der Waals surface area contributed by atoms with Gasteiger partial charge in [-0.25, -0.2) is 0 Å². The number of methoxy groups -OCH3 is 1. The van der Waals surface area contributed by atoms with Crippen LogP contribution in [-0.4, -0.2) is 35.3 Å². The maximum Gasteiger partial charge on any atom is 0.165 e. The first kappa shape index (κ1) is 18.3. The number of ether oxygens (including phenoxy) is 2. The fourth-order valence-electron chi connectivity index (χ4n) is 3.64. The number of rotatable bonds is 4. The average molecular weight is 376 g/mol. The van der Waals surface area contributed by atoms with Gasteiger partial charge in [-0.05, 0) is 41.8 Å². The molecule has 0 unspecified atom stereocenters. The lowest BCUT2D eigenvalue weighted by molar-refractivity contribution is 0.215. The number of nitrogens with zero attached hydrogens (tertiary/aromatic N) is 2. The number of aryl methyl sites for hydroxylation is 1. The van der Waals surface area contributed by atoms with Crippen molar-refractivity contribution in [2.45, 2.75) is 20.0 Å². The van der Waals surface area contributed by atoms with Crippen molar-refractivity contribution in [1.82, 2.24) is 9.88 Å². The molecular weight excluding hydrogens is 352 g/mol. The van der Waals surface area contributed by atoms with E-state index in [4.69, 9.17) is 9.47 Å². The summed E-state index contributed by atoms with van der Waals surface area (Å²) in [6.07, 6.45) is 1.76. The van der Waals surface area contributed by atoms with Gasteiger partial charge in [0.1, 0.15) is 12.4 Å². The molecule has 4 rings (SSSR count). The Morgan fingerprint density at radius 3 is 2.86 bits per heavy atom. The Morgan fingerprint density at radius 1 is 1.18 bits per heavy atom. The highest BCUT2D eigenvalue weighted by atomic mass is 16.5. The highest BCUT2D eigenvalue weighted by Gasteiger charge is 2.20. The number of hydrogen-bond acceptors (Lipinski definition) is 5. The van der Waals surface area contributed by atoms with Crippen LogP contribution in [-0.2, 0) is 13.1 Å². The molecule has 1 aromatic heterocycles. The van der Waals surface area contributed by atoms with Gasteiger partial charge >= 0.3 is 0 Å². The number of benzene rings is 2. The van der Waals surface area contributed by atoms with E-state index < -0.39 is 0 Å². The van der Waals surface area contributed by atoms with Gasteiger partial charge in [-0.1, -0.05) is 24.3 Å². The van der Waals surface area contributed by atoms with Gasteiger partial charge < -0.3 is 14.6 Å². The molecule has 5 heteroatoms. The molecule has 2 heterocycles. The van der Waals surface area contributed by atoms with Crippen molar-refractivity contribution in [3.63, 3.8) is 0 Å². The SMILES string of the molecule is COc1ccnc(CN2CCOc3c(O)cc(-c4ccccc4C)cc3C2)c1. The van der Waals surface area contributed by atoms with Gasteiger partial charge in [-0.2, -0.15) is 0 Å². The normalized spacial score (nSPS) is 14.1. The van der Waals surface area contributed by atoms with Gasteiger partial charge in [0.25, 0.3) is 0 Å². The quantitative estimate of drug-likeness (QED) is 0.741. The van der Waals surface area contributed by atoms with E-state index in [9.17, 15) is 5.11 Å². The number of fused-ring (bicyclic) bond motifs is 1. The number of pyridine rings is 1. The molecule has 0 fully saturated rings. The third-order valence-electron chi connectivity index (χ3n) is 5.06. The minimum Gasteiger partial charge on any atom is -0.504 e. The molecule has 0 radical (unpaired) electrons. The van der Waals surface area contributed by atoms with Crippen LogP contribution < -0.4 is 9.47 Å². The Morgan fingerprint density at radius 2 is 2.04 bits per heavy atom. The molecule has 0 amide bonds. The maximum absolute atomic E-state index is 10.6. The summed E-state index contributed by atoms with van der Waals surface area (Å²) in [5.41, 5.74) is 5.22. The fourth-order valence-corrected chi connectivity index (χ4v) is 3.64. The second-order valence-corrected chi connectivity index (χ2v) is 7.04. The van der Waals surface area contributed by atoms with Crippen LogP contribution in [0.5, 0.6) is 17.2 Å². The first-order valence-corrected chi connectivity index (χ1v) is 9.40. The van der Waals surface area contributed by atoms with Crippen molar-refractivity contribution in [2.75, 3.05) is 20.3 Å². The topological polar surface area (TPSA) is 54.8 Å². The average Bonchev–Trinajstić information content (AvgIpc) is 2.90. The molecule has 3 aromatic rings. The summed E-state index contributed by atoms with van der Waals surface area (Å²) in [6.45, 7) is 4.73. The monoisotopic (exact) mass is 376 g/mol. The summed E-state index contributed by atoms with van der Waals surface area (Å²) in [4.78, 5) is 6.72. The van der Waals surface area contributed by atoms with Crippen molar-refractivity contribution in [3.8, 4) is 28.4 Å². The predicted octanol–water partition coefficient (Wildman–Crippen LogP) is 4.17. The second-order valence-electron chi connectivity index (χ2n) is 7.04. The molecule has 1 aliphatic heterocycles. The van der Waals surface area contributed by atoms with Crippen molar-refractivity contribution in [2.24, 2.45) is 0 Å². The molecule has 1 aliphatic rings. The van der Waals surface area contributed by atoms with Gasteiger partial charge in [-0.3, -0.25) is 9.88 Å². The van der Waals surface area contributed by atoms with Crippen LogP contribution in [0.1, 0.15) is 16.8 Å².